The Kier molecular flexibility index (Phi) is 3.96. The second-order valence-electron chi connectivity index (χ2n) is 6.34. The fourth-order valence-electron chi connectivity index (χ4n) is 2.85. The molecule has 5 heteroatoms. The number of nitrogens with zero attached hydrogens (tertiary/aromatic N) is 2. The number of carbonyl (C=O) groups excluding carboxylic acids is 1. The lowest BCUT2D eigenvalue weighted by molar-refractivity contribution is -0.123. The third-order valence-corrected chi connectivity index (χ3v) is 4.10. The zero-order chi connectivity index (χ0) is 15.7. The molecule has 1 aromatic heterocycles. The van der Waals surface area contributed by atoms with E-state index >= 15 is 0 Å². The maximum Gasteiger partial charge on any atom is 0.230 e. The molecule has 5 nitrogen and oxygen atoms in total. The van der Waals surface area contributed by atoms with Crippen molar-refractivity contribution < 1.29 is 9.32 Å². The van der Waals surface area contributed by atoms with E-state index in [1.54, 1.807) is 0 Å². The number of benzene rings is 1. The second kappa shape index (κ2) is 5.91. The van der Waals surface area contributed by atoms with Crippen LogP contribution in [0, 0.1) is 0 Å². The molecule has 0 spiro atoms. The molecule has 0 radical (unpaired) electrons. The summed E-state index contributed by atoms with van der Waals surface area (Å²) in [4.78, 5) is 16.1. The zero-order valence-corrected chi connectivity index (χ0v) is 13.2. The Morgan fingerprint density at radius 2 is 2.00 bits per heavy atom. The van der Waals surface area contributed by atoms with Crippen LogP contribution >= 0.6 is 0 Å². The molecule has 22 heavy (non-hydrogen) atoms. The molecule has 3 rings (SSSR count). The van der Waals surface area contributed by atoms with Gasteiger partial charge in [-0.25, -0.2) is 0 Å². The van der Waals surface area contributed by atoms with Crippen LogP contribution in [0.25, 0.3) is 11.4 Å². The summed E-state index contributed by atoms with van der Waals surface area (Å²) >= 11 is 0. The molecule has 0 bridgehead atoms. The van der Waals surface area contributed by atoms with Gasteiger partial charge in [0, 0.05) is 23.9 Å². The second-order valence-corrected chi connectivity index (χ2v) is 6.34. The van der Waals surface area contributed by atoms with Crippen LogP contribution in [-0.2, 0) is 4.79 Å². The van der Waals surface area contributed by atoms with Gasteiger partial charge < -0.3 is 9.84 Å². The molecule has 1 aliphatic heterocycles. The lowest BCUT2D eigenvalue weighted by atomic mass is 9.93. The fourth-order valence-corrected chi connectivity index (χ4v) is 2.85. The molecule has 1 saturated heterocycles. The molecule has 1 amide bonds. The molecule has 0 unspecified atom stereocenters. The number of piperidine rings is 1. The summed E-state index contributed by atoms with van der Waals surface area (Å²) in [7, 11) is 0. The lowest BCUT2D eigenvalue weighted by Crippen LogP contribution is -2.39. The van der Waals surface area contributed by atoms with Crippen molar-refractivity contribution in [1.82, 2.24) is 15.5 Å². The van der Waals surface area contributed by atoms with Crippen molar-refractivity contribution in [3.05, 3.63) is 35.7 Å². The van der Waals surface area contributed by atoms with E-state index in [2.05, 4.69) is 41.4 Å². The number of amides is 1. The molecular formula is C17H21N3O2. The Bertz CT molecular complexity index is 661. The van der Waals surface area contributed by atoms with Crippen molar-refractivity contribution >= 4 is 5.91 Å². The molecule has 2 aromatic rings. The summed E-state index contributed by atoms with van der Waals surface area (Å²) in [5, 5.41) is 6.97. The van der Waals surface area contributed by atoms with Crippen LogP contribution in [0.3, 0.4) is 0 Å². The number of hydrogen-bond donors (Lipinski definition) is 1. The first-order valence-corrected chi connectivity index (χ1v) is 7.76. The first kappa shape index (κ1) is 14.8. The highest BCUT2D eigenvalue weighted by Crippen LogP contribution is 2.29. The summed E-state index contributed by atoms with van der Waals surface area (Å²) in [5.41, 5.74) is 2.22. The minimum atomic E-state index is 0.0138. The molecule has 0 saturated carbocycles. The van der Waals surface area contributed by atoms with Gasteiger partial charge in [0.25, 0.3) is 0 Å². The van der Waals surface area contributed by atoms with Crippen LogP contribution < -0.4 is 5.32 Å². The summed E-state index contributed by atoms with van der Waals surface area (Å²) in [6.45, 7) is 6.32. The van der Waals surface area contributed by atoms with Gasteiger partial charge >= 0.3 is 0 Å². The number of aromatic nitrogens is 2. The van der Waals surface area contributed by atoms with Gasteiger partial charge in [-0.3, -0.25) is 4.79 Å². The summed E-state index contributed by atoms with van der Waals surface area (Å²) in [6, 6.07) is 8.35. The van der Waals surface area contributed by atoms with Crippen molar-refractivity contribution in [1.29, 1.82) is 0 Å². The van der Waals surface area contributed by atoms with E-state index in [0.29, 0.717) is 24.1 Å². The van der Waals surface area contributed by atoms with Crippen molar-refractivity contribution in [3.63, 3.8) is 0 Å². The molecule has 1 N–H and O–H groups in total. The molecule has 116 valence electrons. The molecule has 1 aliphatic rings. The minimum absolute atomic E-state index is 0.0138. The van der Waals surface area contributed by atoms with Crippen LogP contribution in [0.15, 0.2) is 28.8 Å². The summed E-state index contributed by atoms with van der Waals surface area (Å²) in [5.74, 6) is 1.70. The monoisotopic (exact) mass is 299 g/mol. The van der Waals surface area contributed by atoms with Crippen molar-refractivity contribution in [2.75, 3.05) is 0 Å². The Hall–Kier alpha value is -2.17. The molecule has 2 heterocycles. The highest BCUT2D eigenvalue weighted by Gasteiger charge is 2.29. The van der Waals surface area contributed by atoms with Crippen molar-refractivity contribution in [2.24, 2.45) is 0 Å². The third-order valence-electron chi connectivity index (χ3n) is 4.10. The van der Waals surface area contributed by atoms with E-state index in [9.17, 15) is 4.79 Å². The van der Waals surface area contributed by atoms with Crippen LogP contribution in [0.1, 0.15) is 56.9 Å². The highest BCUT2D eigenvalue weighted by molar-refractivity contribution is 5.78. The van der Waals surface area contributed by atoms with Gasteiger partial charge in [0.2, 0.25) is 17.6 Å². The van der Waals surface area contributed by atoms with Gasteiger partial charge in [0.15, 0.2) is 0 Å². The van der Waals surface area contributed by atoms with Crippen molar-refractivity contribution in [3.8, 4) is 11.4 Å². The van der Waals surface area contributed by atoms with E-state index in [-0.39, 0.29) is 17.9 Å². The summed E-state index contributed by atoms with van der Waals surface area (Å²) < 4.78 is 5.39. The topological polar surface area (TPSA) is 68.0 Å². The van der Waals surface area contributed by atoms with Gasteiger partial charge in [-0.15, -0.1) is 0 Å². The number of carbonyl (C=O) groups is 1. The predicted octanol–water partition coefficient (Wildman–Crippen LogP) is 3.24. The van der Waals surface area contributed by atoms with Gasteiger partial charge in [0.1, 0.15) is 0 Å². The van der Waals surface area contributed by atoms with Crippen molar-refractivity contribution in [2.45, 2.75) is 51.5 Å². The molecule has 2 atom stereocenters. The van der Waals surface area contributed by atoms with E-state index in [0.717, 1.165) is 12.0 Å². The van der Waals surface area contributed by atoms with E-state index in [1.807, 2.05) is 19.1 Å². The van der Waals surface area contributed by atoms with Crippen LogP contribution in [-0.4, -0.2) is 22.1 Å². The quantitative estimate of drug-likeness (QED) is 0.944. The first-order valence-electron chi connectivity index (χ1n) is 7.76. The highest BCUT2D eigenvalue weighted by atomic mass is 16.5. The summed E-state index contributed by atoms with van der Waals surface area (Å²) in [6.07, 6.45) is 1.25. The maximum atomic E-state index is 11.6. The van der Waals surface area contributed by atoms with Gasteiger partial charge in [-0.2, -0.15) is 4.98 Å². The molecule has 1 fully saturated rings. The average Bonchev–Trinajstić information content (AvgIpc) is 2.96. The number of rotatable bonds is 3. The molecule has 1 aromatic carbocycles. The molecular weight excluding hydrogens is 278 g/mol. The Labute approximate surface area is 130 Å². The SMILES string of the molecule is CC(C)c1ccc(-c2noc([C@H]3CC(=O)N[C@@H](C)C3)n2)cc1. The van der Waals surface area contributed by atoms with Crippen LogP contribution in [0.2, 0.25) is 0 Å². The van der Waals surface area contributed by atoms with E-state index in [4.69, 9.17) is 4.52 Å². The van der Waals surface area contributed by atoms with Crippen LogP contribution in [0.4, 0.5) is 0 Å². The third kappa shape index (κ3) is 3.03. The average molecular weight is 299 g/mol. The number of nitrogens with one attached hydrogen (secondary N) is 1. The van der Waals surface area contributed by atoms with E-state index in [1.165, 1.54) is 5.56 Å². The standard InChI is InChI=1S/C17H21N3O2/c1-10(2)12-4-6-13(7-5-12)16-19-17(22-20-16)14-8-11(3)18-15(21)9-14/h4-7,10-11,14H,8-9H2,1-3H3,(H,18,21)/t11-,14+/m0/s1. The Morgan fingerprint density at radius 1 is 1.27 bits per heavy atom. The molecule has 0 aliphatic carbocycles. The maximum absolute atomic E-state index is 11.6. The first-order chi connectivity index (χ1) is 10.5. The van der Waals surface area contributed by atoms with Gasteiger partial charge in [-0.1, -0.05) is 43.3 Å². The Morgan fingerprint density at radius 3 is 2.64 bits per heavy atom. The zero-order valence-electron chi connectivity index (χ0n) is 13.2. The van der Waals surface area contributed by atoms with Crippen LogP contribution in [0.5, 0.6) is 0 Å². The normalized spacial score (nSPS) is 21.9. The van der Waals surface area contributed by atoms with Gasteiger partial charge in [0.05, 0.1) is 0 Å². The predicted molar refractivity (Wildman–Crippen MR) is 83.4 cm³/mol. The fraction of sp³-hybridized carbons (Fsp3) is 0.471. The Balaban J connectivity index is 1.79. The number of hydrogen-bond acceptors (Lipinski definition) is 4. The van der Waals surface area contributed by atoms with Gasteiger partial charge in [-0.05, 0) is 24.8 Å². The minimum Gasteiger partial charge on any atom is -0.354 e. The lowest BCUT2D eigenvalue weighted by Gasteiger charge is -2.24. The van der Waals surface area contributed by atoms with E-state index < -0.39 is 0 Å². The largest absolute Gasteiger partial charge is 0.354 e. The smallest absolute Gasteiger partial charge is 0.230 e.